The van der Waals surface area contributed by atoms with Gasteiger partial charge in [0.2, 0.25) is 5.76 Å². The van der Waals surface area contributed by atoms with Crippen molar-refractivity contribution in [2.75, 3.05) is 13.7 Å². The molecule has 3 aromatic rings. The van der Waals surface area contributed by atoms with Crippen LogP contribution >= 0.6 is 0 Å². The highest BCUT2D eigenvalue weighted by molar-refractivity contribution is 5.93. The number of hydrogen-bond acceptors (Lipinski definition) is 4. The van der Waals surface area contributed by atoms with Crippen molar-refractivity contribution in [1.82, 2.24) is 10.1 Å². The predicted molar refractivity (Wildman–Crippen MR) is 97.9 cm³/mol. The summed E-state index contributed by atoms with van der Waals surface area (Å²) >= 11 is 0. The first-order valence-electron chi connectivity index (χ1n) is 8.84. The van der Waals surface area contributed by atoms with Crippen LogP contribution in [0.3, 0.4) is 0 Å². The lowest BCUT2D eigenvalue weighted by Gasteiger charge is -2.24. The highest BCUT2D eigenvalue weighted by Gasteiger charge is 2.33. The lowest BCUT2D eigenvalue weighted by molar-refractivity contribution is 0.0691. The van der Waals surface area contributed by atoms with Gasteiger partial charge in [-0.05, 0) is 43.2 Å². The second kappa shape index (κ2) is 7.23. The number of methoxy groups -OCH3 is 1. The maximum Gasteiger partial charge on any atom is 0.292 e. The van der Waals surface area contributed by atoms with Crippen molar-refractivity contribution in [2.45, 2.75) is 18.9 Å². The van der Waals surface area contributed by atoms with Crippen LogP contribution in [-0.2, 0) is 0 Å². The lowest BCUT2D eigenvalue weighted by Crippen LogP contribution is -2.30. The second-order valence-electron chi connectivity index (χ2n) is 6.48. The molecule has 1 fully saturated rings. The van der Waals surface area contributed by atoms with E-state index in [0.717, 1.165) is 24.2 Å². The van der Waals surface area contributed by atoms with Crippen LogP contribution < -0.4 is 4.74 Å². The van der Waals surface area contributed by atoms with E-state index < -0.39 is 0 Å². The van der Waals surface area contributed by atoms with Crippen molar-refractivity contribution >= 4 is 5.91 Å². The molecule has 1 atom stereocenters. The van der Waals surface area contributed by atoms with Gasteiger partial charge in [-0.3, -0.25) is 4.79 Å². The molecule has 0 bridgehead atoms. The molecule has 0 radical (unpaired) electrons. The first-order valence-corrected chi connectivity index (χ1v) is 8.84. The highest BCUT2D eigenvalue weighted by atomic mass is 19.1. The number of carbonyl (C=O) groups excluding carboxylic acids is 1. The van der Waals surface area contributed by atoms with Crippen LogP contribution in [0.4, 0.5) is 4.39 Å². The molecule has 138 valence electrons. The molecule has 4 rings (SSSR count). The zero-order valence-electron chi connectivity index (χ0n) is 14.9. The molecule has 1 unspecified atom stereocenters. The van der Waals surface area contributed by atoms with E-state index in [4.69, 9.17) is 9.26 Å². The molecular weight excluding hydrogens is 347 g/mol. The monoisotopic (exact) mass is 366 g/mol. The van der Waals surface area contributed by atoms with Crippen molar-refractivity contribution < 1.29 is 18.4 Å². The molecule has 1 aromatic heterocycles. The van der Waals surface area contributed by atoms with Crippen LogP contribution in [-0.4, -0.2) is 29.6 Å². The molecule has 0 aliphatic carbocycles. The van der Waals surface area contributed by atoms with Gasteiger partial charge < -0.3 is 14.2 Å². The van der Waals surface area contributed by atoms with E-state index in [9.17, 15) is 9.18 Å². The largest absolute Gasteiger partial charge is 0.497 e. The average molecular weight is 366 g/mol. The fraction of sp³-hybridized carbons (Fsp3) is 0.238. The summed E-state index contributed by atoms with van der Waals surface area (Å²) in [5, 5.41) is 4.01. The molecule has 2 heterocycles. The molecule has 2 aromatic carbocycles. The third kappa shape index (κ3) is 3.30. The fourth-order valence-electron chi connectivity index (χ4n) is 3.49. The summed E-state index contributed by atoms with van der Waals surface area (Å²) in [6.45, 7) is 0.566. The van der Waals surface area contributed by atoms with Gasteiger partial charge in [0.1, 0.15) is 17.3 Å². The fourth-order valence-corrected chi connectivity index (χ4v) is 3.49. The molecule has 0 N–H and O–H groups in total. The lowest BCUT2D eigenvalue weighted by atomic mass is 10.0. The van der Waals surface area contributed by atoms with E-state index in [0.29, 0.717) is 17.8 Å². The van der Waals surface area contributed by atoms with Crippen LogP contribution in [0.1, 0.15) is 35.0 Å². The summed E-state index contributed by atoms with van der Waals surface area (Å²) in [6, 6.07) is 15.3. The first-order chi connectivity index (χ1) is 13.2. The molecule has 1 saturated heterocycles. The third-order valence-electron chi connectivity index (χ3n) is 4.88. The van der Waals surface area contributed by atoms with Crippen molar-refractivity contribution in [3.63, 3.8) is 0 Å². The summed E-state index contributed by atoms with van der Waals surface area (Å²) in [4.78, 5) is 14.6. The molecule has 1 amide bonds. The number of rotatable bonds is 4. The number of carbonyl (C=O) groups is 1. The Morgan fingerprint density at radius 3 is 2.74 bits per heavy atom. The summed E-state index contributed by atoms with van der Waals surface area (Å²) in [5.74, 6) is 0.333. The summed E-state index contributed by atoms with van der Waals surface area (Å²) in [5.41, 5.74) is 1.94. The Bertz CT molecular complexity index is 952. The predicted octanol–water partition coefficient (Wildman–Crippen LogP) is 4.47. The van der Waals surface area contributed by atoms with Gasteiger partial charge in [0.05, 0.1) is 13.2 Å². The Hall–Kier alpha value is -3.15. The number of likely N-dealkylation sites (tertiary alicyclic amines) is 1. The first kappa shape index (κ1) is 17.3. The number of halogens is 1. The smallest absolute Gasteiger partial charge is 0.292 e. The van der Waals surface area contributed by atoms with E-state index in [1.165, 1.54) is 6.07 Å². The van der Waals surface area contributed by atoms with Crippen molar-refractivity contribution in [3.05, 3.63) is 71.7 Å². The van der Waals surface area contributed by atoms with E-state index >= 15 is 0 Å². The summed E-state index contributed by atoms with van der Waals surface area (Å²) < 4.78 is 24.6. The van der Waals surface area contributed by atoms with Gasteiger partial charge in [-0.1, -0.05) is 23.4 Å². The molecule has 1 aliphatic heterocycles. The van der Waals surface area contributed by atoms with Gasteiger partial charge in [0.15, 0.2) is 0 Å². The minimum absolute atomic E-state index is 0.157. The normalized spacial score (nSPS) is 16.5. The van der Waals surface area contributed by atoms with Crippen molar-refractivity contribution in [3.8, 4) is 17.0 Å². The Balaban J connectivity index is 1.57. The second-order valence-corrected chi connectivity index (χ2v) is 6.48. The summed E-state index contributed by atoms with van der Waals surface area (Å²) in [7, 11) is 1.60. The Morgan fingerprint density at radius 1 is 1.22 bits per heavy atom. The van der Waals surface area contributed by atoms with E-state index in [1.54, 1.807) is 36.3 Å². The third-order valence-corrected chi connectivity index (χ3v) is 4.88. The van der Waals surface area contributed by atoms with E-state index in [-0.39, 0.29) is 23.5 Å². The van der Waals surface area contributed by atoms with Gasteiger partial charge in [0, 0.05) is 23.7 Å². The van der Waals surface area contributed by atoms with Crippen LogP contribution in [0.15, 0.2) is 59.1 Å². The Kier molecular flexibility index (Phi) is 4.62. The van der Waals surface area contributed by atoms with Crippen LogP contribution in [0, 0.1) is 5.82 Å². The highest BCUT2D eigenvalue weighted by Crippen LogP contribution is 2.35. The molecule has 27 heavy (non-hydrogen) atoms. The quantitative estimate of drug-likeness (QED) is 0.684. The molecule has 5 nitrogen and oxygen atoms in total. The molecule has 6 heteroatoms. The number of hydrogen-bond donors (Lipinski definition) is 0. The van der Waals surface area contributed by atoms with Gasteiger partial charge in [-0.2, -0.15) is 0 Å². The van der Waals surface area contributed by atoms with Gasteiger partial charge in [0.25, 0.3) is 5.91 Å². The number of aromatic nitrogens is 1. The standard InChI is InChI=1S/C21H19FN2O3/c1-26-15-10-8-14(9-11-15)18-13-20(27-23-18)21(25)24-12-4-7-19(24)16-5-2-3-6-17(16)22/h2-3,5-6,8-11,13,19H,4,7,12H2,1H3. The van der Waals surface area contributed by atoms with Crippen molar-refractivity contribution in [2.24, 2.45) is 0 Å². The topological polar surface area (TPSA) is 55.6 Å². The van der Waals surface area contributed by atoms with Crippen LogP contribution in [0.5, 0.6) is 5.75 Å². The SMILES string of the molecule is COc1ccc(-c2cc(C(=O)N3CCCC3c3ccccc3F)on2)cc1. The van der Waals surface area contributed by atoms with Gasteiger partial charge in [-0.25, -0.2) is 4.39 Å². The average Bonchev–Trinajstić information content (AvgIpc) is 3.38. The minimum atomic E-state index is -0.293. The summed E-state index contributed by atoms with van der Waals surface area (Å²) in [6.07, 6.45) is 1.55. The molecule has 0 spiro atoms. The number of nitrogens with zero attached hydrogens (tertiary/aromatic N) is 2. The number of ether oxygens (including phenoxy) is 1. The maximum absolute atomic E-state index is 14.2. The van der Waals surface area contributed by atoms with E-state index in [1.807, 2.05) is 24.3 Å². The Labute approximate surface area is 156 Å². The van der Waals surface area contributed by atoms with E-state index in [2.05, 4.69) is 5.16 Å². The van der Waals surface area contributed by atoms with Crippen LogP contribution in [0.2, 0.25) is 0 Å². The maximum atomic E-state index is 14.2. The molecule has 1 aliphatic rings. The van der Waals surface area contributed by atoms with Gasteiger partial charge >= 0.3 is 0 Å². The number of amides is 1. The molecule has 0 saturated carbocycles. The Morgan fingerprint density at radius 2 is 2.00 bits per heavy atom. The zero-order valence-corrected chi connectivity index (χ0v) is 14.9. The zero-order chi connectivity index (χ0) is 18.8. The van der Waals surface area contributed by atoms with Crippen LogP contribution in [0.25, 0.3) is 11.3 Å². The van der Waals surface area contributed by atoms with Gasteiger partial charge in [-0.15, -0.1) is 0 Å². The number of benzene rings is 2. The van der Waals surface area contributed by atoms with Crippen molar-refractivity contribution in [1.29, 1.82) is 0 Å². The minimum Gasteiger partial charge on any atom is -0.497 e. The molecular formula is C21H19FN2O3.